The zero-order chi connectivity index (χ0) is 21.7. The fraction of sp³-hybridized carbons (Fsp3) is 0.545. The lowest BCUT2D eigenvalue weighted by molar-refractivity contribution is -0.137. The van der Waals surface area contributed by atoms with E-state index in [-0.39, 0.29) is 11.8 Å². The second-order valence-electron chi connectivity index (χ2n) is 7.40. The standard InChI is InChI=1S/C22H31N3O5/c1-5-30-14-6-9-25-21(26)19(16-7-8-17(28-3)18(15-16)29-4)20(22(25)27)24-12-10-23(2)11-13-24/h7-8,15H,5-6,9-14H2,1-4H3. The number of hydrogen-bond acceptors (Lipinski definition) is 7. The van der Waals surface area contributed by atoms with Crippen molar-refractivity contribution in [1.29, 1.82) is 0 Å². The monoisotopic (exact) mass is 417 g/mol. The van der Waals surface area contributed by atoms with Gasteiger partial charge in [0.15, 0.2) is 11.5 Å². The minimum atomic E-state index is -0.266. The van der Waals surface area contributed by atoms with Gasteiger partial charge in [0.1, 0.15) is 5.70 Å². The SMILES string of the molecule is CCOCCCN1C(=O)C(c2ccc(OC)c(OC)c2)=C(N2CCN(C)CC2)C1=O. The maximum atomic E-state index is 13.3. The molecule has 0 radical (unpaired) electrons. The lowest BCUT2D eigenvalue weighted by Gasteiger charge is -2.34. The molecule has 8 heteroatoms. The first-order chi connectivity index (χ1) is 14.5. The number of rotatable bonds is 9. The van der Waals surface area contributed by atoms with Crippen LogP contribution >= 0.6 is 0 Å². The Labute approximate surface area is 178 Å². The first-order valence-corrected chi connectivity index (χ1v) is 10.4. The summed E-state index contributed by atoms with van der Waals surface area (Å²) < 4.78 is 16.1. The third-order valence-corrected chi connectivity index (χ3v) is 5.51. The molecule has 3 rings (SSSR count). The van der Waals surface area contributed by atoms with E-state index >= 15 is 0 Å². The van der Waals surface area contributed by atoms with Crippen molar-refractivity contribution in [1.82, 2.24) is 14.7 Å². The average Bonchev–Trinajstić information content (AvgIpc) is 3.01. The second-order valence-corrected chi connectivity index (χ2v) is 7.40. The highest BCUT2D eigenvalue weighted by Crippen LogP contribution is 2.36. The molecule has 164 valence electrons. The third-order valence-electron chi connectivity index (χ3n) is 5.51. The first-order valence-electron chi connectivity index (χ1n) is 10.4. The van der Waals surface area contributed by atoms with E-state index < -0.39 is 0 Å². The van der Waals surface area contributed by atoms with Crippen LogP contribution in [0.5, 0.6) is 11.5 Å². The molecule has 0 unspecified atom stereocenters. The lowest BCUT2D eigenvalue weighted by Crippen LogP contribution is -2.46. The van der Waals surface area contributed by atoms with Gasteiger partial charge in [-0.15, -0.1) is 0 Å². The van der Waals surface area contributed by atoms with Crippen LogP contribution in [0.1, 0.15) is 18.9 Å². The summed E-state index contributed by atoms with van der Waals surface area (Å²) >= 11 is 0. The Morgan fingerprint density at radius 3 is 2.30 bits per heavy atom. The topological polar surface area (TPSA) is 71.6 Å². The van der Waals surface area contributed by atoms with E-state index in [9.17, 15) is 9.59 Å². The van der Waals surface area contributed by atoms with Gasteiger partial charge < -0.3 is 24.0 Å². The van der Waals surface area contributed by atoms with Gasteiger partial charge in [0.05, 0.1) is 19.8 Å². The third kappa shape index (κ3) is 4.44. The number of methoxy groups -OCH3 is 2. The highest BCUT2D eigenvalue weighted by atomic mass is 16.5. The Hall–Kier alpha value is -2.58. The largest absolute Gasteiger partial charge is 0.493 e. The van der Waals surface area contributed by atoms with Crippen LogP contribution in [0.4, 0.5) is 0 Å². The molecular formula is C22H31N3O5. The molecule has 2 amide bonds. The van der Waals surface area contributed by atoms with Crippen LogP contribution in [0.2, 0.25) is 0 Å². The highest BCUT2D eigenvalue weighted by Gasteiger charge is 2.41. The Bertz CT molecular complexity index is 815. The summed E-state index contributed by atoms with van der Waals surface area (Å²) in [6.07, 6.45) is 0.612. The average molecular weight is 418 g/mol. The number of carbonyl (C=O) groups is 2. The molecule has 0 N–H and O–H groups in total. The van der Waals surface area contributed by atoms with Gasteiger partial charge >= 0.3 is 0 Å². The van der Waals surface area contributed by atoms with Crippen LogP contribution in [0.25, 0.3) is 5.57 Å². The first kappa shape index (κ1) is 22.1. The zero-order valence-corrected chi connectivity index (χ0v) is 18.3. The van der Waals surface area contributed by atoms with Gasteiger partial charge in [-0.1, -0.05) is 6.07 Å². The second kappa shape index (κ2) is 9.95. The number of ether oxygens (including phenoxy) is 3. The van der Waals surface area contributed by atoms with Gasteiger partial charge in [0, 0.05) is 45.9 Å². The summed E-state index contributed by atoms with van der Waals surface area (Å²) in [6.45, 7) is 6.48. The van der Waals surface area contributed by atoms with Crippen LogP contribution < -0.4 is 9.47 Å². The summed E-state index contributed by atoms with van der Waals surface area (Å²) in [5, 5.41) is 0. The normalized spacial score (nSPS) is 17.9. The van der Waals surface area contributed by atoms with Crippen LogP contribution in [-0.4, -0.2) is 93.7 Å². The molecule has 8 nitrogen and oxygen atoms in total. The lowest BCUT2D eigenvalue weighted by atomic mass is 10.0. The van der Waals surface area contributed by atoms with Crippen molar-refractivity contribution in [3.05, 3.63) is 29.5 Å². The molecule has 2 heterocycles. The zero-order valence-electron chi connectivity index (χ0n) is 18.3. The van der Waals surface area contributed by atoms with Crippen LogP contribution in [-0.2, 0) is 14.3 Å². The summed E-state index contributed by atoms with van der Waals surface area (Å²) in [7, 11) is 5.18. The van der Waals surface area contributed by atoms with Gasteiger partial charge in [-0.2, -0.15) is 0 Å². The minimum absolute atomic E-state index is 0.231. The van der Waals surface area contributed by atoms with Gasteiger partial charge in [-0.25, -0.2) is 0 Å². The number of carbonyl (C=O) groups excluding carboxylic acids is 2. The number of benzene rings is 1. The smallest absolute Gasteiger partial charge is 0.277 e. The van der Waals surface area contributed by atoms with Crippen molar-refractivity contribution < 1.29 is 23.8 Å². The number of nitrogens with zero attached hydrogens (tertiary/aromatic N) is 3. The molecule has 1 fully saturated rings. The van der Waals surface area contributed by atoms with Crippen molar-refractivity contribution in [3.8, 4) is 11.5 Å². The fourth-order valence-corrected chi connectivity index (χ4v) is 3.81. The summed E-state index contributed by atoms with van der Waals surface area (Å²) in [6, 6.07) is 5.33. The van der Waals surface area contributed by atoms with Crippen molar-refractivity contribution in [2.45, 2.75) is 13.3 Å². The molecule has 0 aliphatic carbocycles. The quantitative estimate of drug-likeness (QED) is 0.445. The summed E-state index contributed by atoms with van der Waals surface area (Å²) in [5.41, 5.74) is 1.57. The summed E-state index contributed by atoms with van der Waals surface area (Å²) in [5.74, 6) is 0.604. The van der Waals surface area contributed by atoms with E-state index in [1.165, 1.54) is 4.90 Å². The van der Waals surface area contributed by atoms with E-state index in [4.69, 9.17) is 14.2 Å². The number of hydrogen-bond donors (Lipinski definition) is 0. The van der Waals surface area contributed by atoms with Gasteiger partial charge in [0.25, 0.3) is 11.8 Å². The van der Waals surface area contributed by atoms with Crippen molar-refractivity contribution >= 4 is 17.4 Å². The molecule has 1 aromatic carbocycles. The molecule has 30 heavy (non-hydrogen) atoms. The van der Waals surface area contributed by atoms with Crippen molar-refractivity contribution in [2.75, 3.05) is 67.2 Å². The molecule has 1 saturated heterocycles. The van der Waals surface area contributed by atoms with Gasteiger partial charge in [-0.3, -0.25) is 14.5 Å². The Kier molecular flexibility index (Phi) is 7.33. The molecule has 0 aromatic heterocycles. The van der Waals surface area contributed by atoms with Gasteiger partial charge in [-0.05, 0) is 38.1 Å². The predicted octanol–water partition coefficient (Wildman–Crippen LogP) is 1.46. The maximum absolute atomic E-state index is 13.3. The molecule has 2 aliphatic heterocycles. The van der Waals surface area contributed by atoms with E-state index in [2.05, 4.69) is 11.9 Å². The molecule has 0 atom stereocenters. The fourth-order valence-electron chi connectivity index (χ4n) is 3.81. The number of likely N-dealkylation sites (N-methyl/N-ethyl adjacent to an activating group) is 1. The van der Waals surface area contributed by atoms with E-state index in [0.717, 1.165) is 13.1 Å². The number of piperazine rings is 1. The van der Waals surface area contributed by atoms with Crippen molar-refractivity contribution in [2.24, 2.45) is 0 Å². The minimum Gasteiger partial charge on any atom is -0.493 e. The molecule has 0 saturated carbocycles. The van der Waals surface area contributed by atoms with Gasteiger partial charge in [0.2, 0.25) is 0 Å². The molecule has 0 bridgehead atoms. The Balaban J connectivity index is 1.97. The number of imide groups is 1. The van der Waals surface area contributed by atoms with E-state index in [1.54, 1.807) is 26.4 Å². The Morgan fingerprint density at radius 2 is 1.67 bits per heavy atom. The Morgan fingerprint density at radius 1 is 0.967 bits per heavy atom. The predicted molar refractivity (Wildman–Crippen MR) is 113 cm³/mol. The van der Waals surface area contributed by atoms with Crippen LogP contribution in [0.3, 0.4) is 0 Å². The summed E-state index contributed by atoms with van der Waals surface area (Å²) in [4.78, 5) is 32.3. The van der Waals surface area contributed by atoms with Crippen LogP contribution in [0, 0.1) is 0 Å². The molecular weight excluding hydrogens is 386 g/mol. The number of amides is 2. The molecule has 0 spiro atoms. The highest BCUT2D eigenvalue weighted by molar-refractivity contribution is 6.35. The molecule has 1 aromatic rings. The van der Waals surface area contributed by atoms with Crippen molar-refractivity contribution in [3.63, 3.8) is 0 Å². The molecule has 2 aliphatic rings. The maximum Gasteiger partial charge on any atom is 0.277 e. The van der Waals surface area contributed by atoms with Crippen LogP contribution in [0.15, 0.2) is 23.9 Å². The van der Waals surface area contributed by atoms with E-state index in [1.807, 2.05) is 17.9 Å². The van der Waals surface area contributed by atoms with E-state index in [0.29, 0.717) is 67.6 Å².